The first kappa shape index (κ1) is 8.02. The molecule has 0 aromatic heterocycles. The fourth-order valence-corrected chi connectivity index (χ4v) is 1.00. The van der Waals surface area contributed by atoms with Gasteiger partial charge >= 0.3 is 0 Å². The maximum absolute atomic E-state index is 3.49. The van der Waals surface area contributed by atoms with Crippen LogP contribution in [0.3, 0.4) is 0 Å². The lowest BCUT2D eigenvalue weighted by atomic mass is 10.0. The van der Waals surface area contributed by atoms with Gasteiger partial charge in [-0.25, -0.2) is 0 Å². The minimum absolute atomic E-state index is 0.695. The second kappa shape index (κ2) is 3.94. The first-order valence-corrected chi connectivity index (χ1v) is 4.27. The molecule has 0 aromatic carbocycles. The van der Waals surface area contributed by atoms with Gasteiger partial charge in [-0.05, 0) is 19.3 Å². The van der Waals surface area contributed by atoms with Gasteiger partial charge in [-0.15, -0.1) is 0 Å². The van der Waals surface area contributed by atoms with Crippen molar-refractivity contribution in [3.05, 3.63) is 0 Å². The van der Waals surface area contributed by atoms with E-state index in [0.29, 0.717) is 6.04 Å². The zero-order valence-electron chi connectivity index (χ0n) is 6.98. The molecule has 2 N–H and O–H groups in total. The smallest absolute Gasteiger partial charge is 0.00362 e. The van der Waals surface area contributed by atoms with Crippen molar-refractivity contribution in [3.8, 4) is 0 Å². The van der Waals surface area contributed by atoms with E-state index in [4.69, 9.17) is 0 Å². The SMILES string of the molecule is CCC(C)NCC1CNC1. The van der Waals surface area contributed by atoms with E-state index in [-0.39, 0.29) is 0 Å². The van der Waals surface area contributed by atoms with Crippen LogP contribution in [0.25, 0.3) is 0 Å². The van der Waals surface area contributed by atoms with E-state index in [1.165, 1.54) is 26.1 Å². The Balaban J connectivity index is 1.93. The van der Waals surface area contributed by atoms with Gasteiger partial charge in [0.25, 0.3) is 0 Å². The van der Waals surface area contributed by atoms with Crippen molar-refractivity contribution in [1.82, 2.24) is 10.6 Å². The van der Waals surface area contributed by atoms with E-state index in [2.05, 4.69) is 24.5 Å². The summed E-state index contributed by atoms with van der Waals surface area (Å²) in [5, 5.41) is 6.76. The summed E-state index contributed by atoms with van der Waals surface area (Å²) in [7, 11) is 0. The lowest BCUT2D eigenvalue weighted by Crippen LogP contribution is -2.48. The third kappa shape index (κ3) is 2.27. The highest BCUT2D eigenvalue weighted by Crippen LogP contribution is 2.00. The molecule has 0 saturated carbocycles. The second-order valence-electron chi connectivity index (χ2n) is 3.24. The molecule has 1 saturated heterocycles. The van der Waals surface area contributed by atoms with Gasteiger partial charge in [0.15, 0.2) is 0 Å². The van der Waals surface area contributed by atoms with Crippen LogP contribution < -0.4 is 10.6 Å². The van der Waals surface area contributed by atoms with E-state index in [9.17, 15) is 0 Å². The molecule has 0 amide bonds. The van der Waals surface area contributed by atoms with Gasteiger partial charge in [-0.3, -0.25) is 0 Å². The molecule has 2 heteroatoms. The number of hydrogen-bond donors (Lipinski definition) is 2. The molecular formula is C8H18N2. The molecule has 0 radical (unpaired) electrons. The van der Waals surface area contributed by atoms with Crippen LogP contribution in [-0.2, 0) is 0 Å². The summed E-state index contributed by atoms with van der Waals surface area (Å²) in [6.45, 7) is 8.08. The quantitative estimate of drug-likeness (QED) is 0.600. The van der Waals surface area contributed by atoms with Crippen LogP contribution in [0.4, 0.5) is 0 Å². The van der Waals surface area contributed by atoms with E-state index < -0.39 is 0 Å². The predicted octanol–water partition coefficient (Wildman–Crippen LogP) is 0.594. The highest BCUT2D eigenvalue weighted by atomic mass is 15.0. The zero-order valence-corrected chi connectivity index (χ0v) is 6.98. The minimum Gasteiger partial charge on any atom is -0.316 e. The Hall–Kier alpha value is -0.0800. The van der Waals surface area contributed by atoms with E-state index in [0.717, 1.165) is 5.92 Å². The first-order valence-electron chi connectivity index (χ1n) is 4.27. The molecule has 2 nitrogen and oxygen atoms in total. The summed E-state index contributed by atoms with van der Waals surface area (Å²) in [5.41, 5.74) is 0. The van der Waals surface area contributed by atoms with Gasteiger partial charge in [0.05, 0.1) is 0 Å². The van der Waals surface area contributed by atoms with Gasteiger partial charge in [-0.2, -0.15) is 0 Å². The molecule has 0 aromatic rings. The van der Waals surface area contributed by atoms with Crippen LogP contribution in [0.5, 0.6) is 0 Å². The molecule has 1 heterocycles. The Kier molecular flexibility index (Phi) is 3.16. The van der Waals surface area contributed by atoms with Gasteiger partial charge < -0.3 is 10.6 Å². The normalized spacial score (nSPS) is 22.2. The summed E-state index contributed by atoms with van der Waals surface area (Å²) in [4.78, 5) is 0. The number of hydrogen-bond acceptors (Lipinski definition) is 2. The highest BCUT2D eigenvalue weighted by molar-refractivity contribution is 4.77. The molecule has 10 heavy (non-hydrogen) atoms. The van der Waals surface area contributed by atoms with Crippen molar-refractivity contribution in [1.29, 1.82) is 0 Å². The lowest BCUT2D eigenvalue weighted by Gasteiger charge is -2.28. The molecule has 1 atom stereocenters. The average Bonchev–Trinajstić information content (AvgIpc) is 1.84. The van der Waals surface area contributed by atoms with Crippen molar-refractivity contribution in [2.75, 3.05) is 19.6 Å². The molecule has 1 rings (SSSR count). The van der Waals surface area contributed by atoms with Crippen LogP contribution >= 0.6 is 0 Å². The molecular weight excluding hydrogens is 124 g/mol. The maximum Gasteiger partial charge on any atom is 0.00362 e. The molecule has 1 unspecified atom stereocenters. The third-order valence-corrected chi connectivity index (χ3v) is 2.23. The van der Waals surface area contributed by atoms with E-state index >= 15 is 0 Å². The largest absolute Gasteiger partial charge is 0.316 e. The zero-order chi connectivity index (χ0) is 7.40. The van der Waals surface area contributed by atoms with Gasteiger partial charge in [-0.1, -0.05) is 6.92 Å². The Morgan fingerprint density at radius 2 is 2.30 bits per heavy atom. The highest BCUT2D eigenvalue weighted by Gasteiger charge is 2.16. The monoisotopic (exact) mass is 142 g/mol. The molecule has 0 spiro atoms. The fourth-order valence-electron chi connectivity index (χ4n) is 1.00. The first-order chi connectivity index (χ1) is 4.83. The molecule has 0 aliphatic carbocycles. The summed E-state index contributed by atoms with van der Waals surface area (Å²) < 4.78 is 0. The Morgan fingerprint density at radius 1 is 1.60 bits per heavy atom. The molecule has 1 fully saturated rings. The van der Waals surface area contributed by atoms with Crippen molar-refractivity contribution in [3.63, 3.8) is 0 Å². The minimum atomic E-state index is 0.695. The van der Waals surface area contributed by atoms with Crippen molar-refractivity contribution in [2.45, 2.75) is 26.3 Å². The third-order valence-electron chi connectivity index (χ3n) is 2.23. The fraction of sp³-hybridized carbons (Fsp3) is 1.00. The standard InChI is InChI=1S/C8H18N2/c1-3-7(2)10-6-8-4-9-5-8/h7-10H,3-6H2,1-2H3. The van der Waals surface area contributed by atoms with Crippen LogP contribution in [0.1, 0.15) is 20.3 Å². The van der Waals surface area contributed by atoms with Crippen molar-refractivity contribution in [2.24, 2.45) is 5.92 Å². The van der Waals surface area contributed by atoms with Crippen LogP contribution in [-0.4, -0.2) is 25.7 Å². The second-order valence-corrected chi connectivity index (χ2v) is 3.24. The molecule has 1 aliphatic rings. The van der Waals surface area contributed by atoms with Gasteiger partial charge in [0.1, 0.15) is 0 Å². The lowest BCUT2D eigenvalue weighted by molar-refractivity contribution is 0.318. The van der Waals surface area contributed by atoms with Crippen LogP contribution in [0.15, 0.2) is 0 Å². The van der Waals surface area contributed by atoms with E-state index in [1.807, 2.05) is 0 Å². The Bertz CT molecular complexity index is 84.5. The number of rotatable bonds is 4. The molecule has 1 aliphatic heterocycles. The van der Waals surface area contributed by atoms with Gasteiger partial charge in [0, 0.05) is 25.7 Å². The topological polar surface area (TPSA) is 24.1 Å². The Morgan fingerprint density at radius 3 is 2.70 bits per heavy atom. The summed E-state index contributed by atoms with van der Waals surface area (Å²) >= 11 is 0. The van der Waals surface area contributed by atoms with Crippen molar-refractivity contribution < 1.29 is 0 Å². The van der Waals surface area contributed by atoms with Crippen molar-refractivity contribution >= 4 is 0 Å². The van der Waals surface area contributed by atoms with Gasteiger partial charge in [0.2, 0.25) is 0 Å². The molecule has 60 valence electrons. The van der Waals surface area contributed by atoms with Crippen LogP contribution in [0, 0.1) is 5.92 Å². The maximum atomic E-state index is 3.49. The molecule has 0 bridgehead atoms. The van der Waals surface area contributed by atoms with Crippen LogP contribution in [0.2, 0.25) is 0 Å². The summed E-state index contributed by atoms with van der Waals surface area (Å²) in [6.07, 6.45) is 1.24. The summed E-state index contributed by atoms with van der Waals surface area (Å²) in [6, 6.07) is 0.695. The average molecular weight is 142 g/mol. The summed E-state index contributed by atoms with van der Waals surface area (Å²) in [5.74, 6) is 0.897. The number of nitrogens with one attached hydrogen (secondary N) is 2. The Labute approximate surface area is 63.4 Å². The van der Waals surface area contributed by atoms with E-state index in [1.54, 1.807) is 0 Å². The predicted molar refractivity (Wildman–Crippen MR) is 44.1 cm³/mol.